The highest BCUT2D eigenvalue weighted by molar-refractivity contribution is 8.04. The molecule has 0 amide bonds. The number of unbranched alkanes of at least 4 members (excludes halogenated alkanes) is 4. The number of hydrogen-bond donors (Lipinski definition) is 3. The normalized spacial score (nSPS) is 18.4. The molecule has 0 saturated carbocycles. The van der Waals surface area contributed by atoms with Crippen LogP contribution in [0.2, 0.25) is 0 Å². The van der Waals surface area contributed by atoms with E-state index in [9.17, 15) is 32.8 Å². The SMILES string of the molecule is CC1(C)C(/C=C/C2=C(SCCS(=O)(=O)O)C(=C\C=C3/N(CCCCCC(=O)O)c4ccc5ccccc5c4C3(C)C)/CCC2)=[N+](CCCCCC(=O)O)c2ccc3ccccc3c21. The van der Waals surface area contributed by atoms with E-state index in [0.29, 0.717) is 12.8 Å². The summed E-state index contributed by atoms with van der Waals surface area (Å²) in [6.07, 6.45) is 16.4. The molecular formula is C52H61N2O7S2+. The molecule has 2 heterocycles. The zero-order valence-electron chi connectivity index (χ0n) is 37.0. The third-order valence-electron chi connectivity index (χ3n) is 13.0. The molecule has 3 N–H and O–H groups in total. The Morgan fingerprint density at radius 3 is 2.05 bits per heavy atom. The summed E-state index contributed by atoms with van der Waals surface area (Å²) >= 11 is 1.49. The lowest BCUT2D eigenvalue weighted by Crippen LogP contribution is -2.28. The van der Waals surface area contributed by atoms with E-state index >= 15 is 0 Å². The second-order valence-corrected chi connectivity index (χ2v) is 20.8. The van der Waals surface area contributed by atoms with Crippen molar-refractivity contribution >= 4 is 72.4 Å². The van der Waals surface area contributed by atoms with Gasteiger partial charge in [0.2, 0.25) is 5.69 Å². The summed E-state index contributed by atoms with van der Waals surface area (Å²) in [5.41, 5.74) is 8.80. The van der Waals surface area contributed by atoms with Crippen molar-refractivity contribution in [2.24, 2.45) is 0 Å². The highest BCUT2D eigenvalue weighted by atomic mass is 32.2. The number of nitrogens with zero attached hydrogens (tertiary/aromatic N) is 2. The van der Waals surface area contributed by atoms with Crippen LogP contribution in [0, 0.1) is 0 Å². The number of aliphatic carboxylic acids is 2. The molecule has 0 saturated heterocycles. The van der Waals surface area contributed by atoms with Crippen molar-refractivity contribution in [2.45, 2.75) is 109 Å². The van der Waals surface area contributed by atoms with Crippen LogP contribution in [0.3, 0.4) is 0 Å². The molecule has 3 aliphatic rings. The summed E-state index contributed by atoms with van der Waals surface area (Å²) in [6.45, 7) is 10.6. The molecule has 4 aromatic carbocycles. The third-order valence-corrected chi connectivity index (χ3v) is 15.2. The molecule has 1 aliphatic carbocycles. The minimum absolute atomic E-state index is 0.163. The number of carboxylic acids is 2. The Morgan fingerprint density at radius 1 is 0.746 bits per heavy atom. The van der Waals surface area contributed by atoms with E-state index in [0.717, 1.165) is 85.5 Å². The van der Waals surface area contributed by atoms with Crippen LogP contribution in [-0.2, 0) is 30.5 Å². The number of benzene rings is 4. The van der Waals surface area contributed by atoms with Crippen molar-refractivity contribution < 1.29 is 37.3 Å². The maximum absolute atomic E-state index is 12.0. The van der Waals surface area contributed by atoms with Crippen molar-refractivity contribution in [3.05, 3.63) is 130 Å². The topological polar surface area (TPSA) is 135 Å². The van der Waals surface area contributed by atoms with Crippen molar-refractivity contribution in [3.63, 3.8) is 0 Å². The monoisotopic (exact) mass is 889 g/mol. The zero-order valence-corrected chi connectivity index (χ0v) is 38.7. The number of rotatable bonds is 19. The lowest BCUT2D eigenvalue weighted by atomic mass is 9.78. The molecule has 0 bridgehead atoms. The lowest BCUT2D eigenvalue weighted by molar-refractivity contribution is -0.438. The largest absolute Gasteiger partial charge is 0.481 e. The molecule has 2 aliphatic heterocycles. The van der Waals surface area contributed by atoms with Crippen LogP contribution in [-0.4, -0.2) is 70.0 Å². The molecule has 4 aromatic rings. The molecule has 0 radical (unpaired) electrons. The molecule has 0 unspecified atom stereocenters. The second-order valence-electron chi connectivity index (χ2n) is 18.1. The van der Waals surface area contributed by atoms with Gasteiger partial charge in [-0.1, -0.05) is 87.0 Å². The van der Waals surface area contributed by atoms with Gasteiger partial charge in [-0.2, -0.15) is 13.0 Å². The Morgan fingerprint density at radius 2 is 1.38 bits per heavy atom. The van der Waals surface area contributed by atoms with Gasteiger partial charge < -0.3 is 15.1 Å². The van der Waals surface area contributed by atoms with E-state index in [4.69, 9.17) is 0 Å². The van der Waals surface area contributed by atoms with Gasteiger partial charge in [-0.25, -0.2) is 0 Å². The van der Waals surface area contributed by atoms with Crippen LogP contribution in [0.4, 0.5) is 11.4 Å². The Hall–Kier alpha value is -4.97. The summed E-state index contributed by atoms with van der Waals surface area (Å²) in [4.78, 5) is 26.0. The van der Waals surface area contributed by atoms with Crippen molar-refractivity contribution in [2.75, 3.05) is 29.5 Å². The fraction of sp³-hybridized carbons (Fsp3) is 0.404. The van der Waals surface area contributed by atoms with Gasteiger partial charge in [0.25, 0.3) is 10.1 Å². The molecular weight excluding hydrogens is 829 g/mol. The van der Waals surface area contributed by atoms with Crippen LogP contribution < -0.4 is 4.90 Å². The Labute approximate surface area is 376 Å². The predicted octanol–water partition coefficient (Wildman–Crippen LogP) is 11.9. The second kappa shape index (κ2) is 19.4. The molecule has 0 spiro atoms. The maximum atomic E-state index is 12.0. The molecule has 0 fully saturated rings. The summed E-state index contributed by atoms with van der Waals surface area (Å²) in [5, 5.41) is 23.3. The average molecular weight is 890 g/mol. The van der Waals surface area contributed by atoms with Crippen LogP contribution in [0.25, 0.3) is 21.5 Å². The fourth-order valence-corrected chi connectivity index (χ4v) is 12.1. The smallest absolute Gasteiger partial charge is 0.303 e. The number of carbonyl (C=O) groups is 2. The van der Waals surface area contributed by atoms with E-state index in [2.05, 4.69) is 134 Å². The first kappa shape index (κ1) is 46.0. The first-order valence-electron chi connectivity index (χ1n) is 22.4. The van der Waals surface area contributed by atoms with Crippen LogP contribution in [0.5, 0.6) is 0 Å². The molecule has 0 atom stereocenters. The van der Waals surface area contributed by atoms with Crippen LogP contribution in [0.15, 0.2) is 119 Å². The van der Waals surface area contributed by atoms with Gasteiger partial charge in [0.1, 0.15) is 6.54 Å². The molecule has 11 heteroatoms. The van der Waals surface area contributed by atoms with Crippen LogP contribution in [0.1, 0.15) is 109 Å². The van der Waals surface area contributed by atoms with Crippen molar-refractivity contribution in [1.82, 2.24) is 0 Å². The number of hydrogen-bond acceptors (Lipinski definition) is 6. The highest BCUT2D eigenvalue weighted by Gasteiger charge is 2.45. The van der Waals surface area contributed by atoms with Crippen molar-refractivity contribution in [3.8, 4) is 0 Å². The Bertz CT molecular complexity index is 2690. The van der Waals surface area contributed by atoms with E-state index in [1.54, 1.807) is 0 Å². The molecule has 63 heavy (non-hydrogen) atoms. The fourth-order valence-electron chi connectivity index (χ4n) is 10.0. The van der Waals surface area contributed by atoms with Gasteiger partial charge in [0.15, 0.2) is 5.71 Å². The summed E-state index contributed by atoms with van der Waals surface area (Å²) in [5.74, 6) is -1.67. The van der Waals surface area contributed by atoms with Crippen molar-refractivity contribution in [1.29, 1.82) is 0 Å². The maximum Gasteiger partial charge on any atom is 0.303 e. The number of fused-ring (bicyclic) bond motifs is 6. The molecule has 332 valence electrons. The van der Waals surface area contributed by atoms with Gasteiger partial charge in [-0.05, 0) is 115 Å². The Kier molecular flexibility index (Phi) is 14.2. The summed E-state index contributed by atoms with van der Waals surface area (Å²) in [7, 11) is -4.16. The number of anilines is 1. The highest BCUT2D eigenvalue weighted by Crippen LogP contribution is 2.51. The summed E-state index contributed by atoms with van der Waals surface area (Å²) in [6, 6.07) is 25.8. The van der Waals surface area contributed by atoms with Crippen LogP contribution >= 0.6 is 11.8 Å². The molecule has 0 aromatic heterocycles. The van der Waals surface area contributed by atoms with Gasteiger partial charge in [-0.15, -0.1) is 11.8 Å². The summed E-state index contributed by atoms with van der Waals surface area (Å²) < 4.78 is 36.2. The third kappa shape index (κ3) is 10.2. The van der Waals surface area contributed by atoms with Gasteiger partial charge >= 0.3 is 11.9 Å². The average Bonchev–Trinajstić information content (AvgIpc) is 3.59. The van der Waals surface area contributed by atoms with E-state index in [1.165, 1.54) is 55.8 Å². The van der Waals surface area contributed by atoms with E-state index in [-0.39, 0.29) is 35.2 Å². The molecule has 9 nitrogen and oxygen atoms in total. The quantitative estimate of drug-likeness (QED) is 0.0478. The van der Waals surface area contributed by atoms with E-state index < -0.39 is 22.1 Å². The lowest BCUT2D eigenvalue weighted by Gasteiger charge is -2.28. The number of allylic oxidation sites excluding steroid dienone is 7. The van der Waals surface area contributed by atoms with E-state index in [1.807, 2.05) is 0 Å². The molecule has 7 rings (SSSR count). The van der Waals surface area contributed by atoms with Gasteiger partial charge in [0, 0.05) is 71.0 Å². The first-order chi connectivity index (χ1) is 30.1. The zero-order chi connectivity index (χ0) is 44.9. The number of thioether (sulfide) groups is 1. The standard InChI is InChI=1S/C52H60N2O7S2/c1-51(2)44(53(32-13-5-7-22-46(55)56)42-28-24-36-16-9-11-20-40(36)48(42)51)30-26-38-18-15-19-39(50(38)62-34-35-63(59,60)61)27-31-45-52(3,4)49-41-21-12-10-17-37(41)25-29-43(49)54(45)33-14-6-8-23-47(57)58/h9-12,16-17,20-21,24-31H,5-8,13-15,18-19,22-23,32-35H2,1-4H3,(H2-,55,56,57,58,59,60,61)/p+1. The minimum atomic E-state index is -4.16. The Balaban J connectivity index is 1.29. The number of carboxylic acid groups (broad SMARTS) is 2. The van der Waals surface area contributed by atoms with Gasteiger partial charge in [-0.3, -0.25) is 14.1 Å². The minimum Gasteiger partial charge on any atom is -0.481 e. The predicted molar refractivity (Wildman–Crippen MR) is 258 cm³/mol. The van der Waals surface area contributed by atoms with Gasteiger partial charge in [0.05, 0.1) is 11.2 Å². The first-order valence-corrected chi connectivity index (χ1v) is 25.0.